The fraction of sp³-hybridized carbons (Fsp3) is 0.100. The summed E-state index contributed by atoms with van der Waals surface area (Å²) in [4.78, 5) is 13.4. The molecule has 0 radical (unpaired) electrons. The van der Waals surface area contributed by atoms with Crippen LogP contribution in [0.5, 0.6) is 0 Å². The molecule has 1 aliphatic rings. The average molecular weight is 433 g/mol. The highest BCUT2D eigenvalue weighted by Crippen LogP contribution is 2.34. The molecule has 4 nitrogen and oxygen atoms in total. The largest absolute Gasteiger partial charge is 0.457 e. The number of thiocarbonyl (C=S) groups is 1. The van der Waals surface area contributed by atoms with Crippen LogP contribution in [0.15, 0.2) is 51.8 Å². The first-order chi connectivity index (χ1) is 13.3. The predicted octanol–water partition coefficient (Wildman–Crippen LogP) is 5.69. The third kappa shape index (κ3) is 3.30. The number of carbonyl (C=O) groups is 1. The fourth-order valence-electron chi connectivity index (χ4n) is 2.97. The van der Waals surface area contributed by atoms with Crippen molar-refractivity contribution in [2.45, 2.75) is 13.8 Å². The third-order valence-electron chi connectivity index (χ3n) is 4.31. The van der Waals surface area contributed by atoms with E-state index in [1.54, 1.807) is 29.0 Å². The number of benzene rings is 1. The number of hydrogen-bond acceptors (Lipinski definition) is 4. The molecule has 0 atom stereocenters. The maximum absolute atomic E-state index is 13.3. The van der Waals surface area contributed by atoms with Crippen molar-refractivity contribution in [3.05, 3.63) is 75.4 Å². The highest BCUT2D eigenvalue weighted by molar-refractivity contribution is 8.27. The summed E-state index contributed by atoms with van der Waals surface area (Å²) in [6.45, 7) is 3.84. The molecule has 2 aromatic heterocycles. The molecule has 0 N–H and O–H groups in total. The Kier molecular flexibility index (Phi) is 4.91. The zero-order valence-electron chi connectivity index (χ0n) is 14.9. The van der Waals surface area contributed by atoms with Crippen LogP contribution in [-0.4, -0.2) is 14.9 Å². The summed E-state index contributed by atoms with van der Waals surface area (Å²) in [7, 11) is 0. The van der Waals surface area contributed by atoms with Crippen molar-refractivity contribution < 1.29 is 13.6 Å². The molecular weight excluding hydrogens is 419 g/mol. The summed E-state index contributed by atoms with van der Waals surface area (Å²) in [6.07, 6.45) is 1.65. The molecule has 4 rings (SSSR count). The molecule has 142 valence electrons. The minimum absolute atomic E-state index is 0.0220. The third-order valence-corrected chi connectivity index (χ3v) is 5.88. The van der Waals surface area contributed by atoms with Gasteiger partial charge in [-0.25, -0.2) is 4.39 Å². The number of amides is 1. The number of thioether (sulfide) groups is 1. The second kappa shape index (κ2) is 7.24. The molecule has 0 unspecified atom stereocenters. The first-order valence-corrected chi connectivity index (χ1v) is 9.94. The molecule has 3 aromatic rings. The molecule has 0 saturated carbocycles. The SMILES string of the molecule is Cc1ccc(C)n1N1C(=O)/C(=C/c2ccc(-c3ccc(F)c(Cl)c3)o2)SC1=S. The van der Waals surface area contributed by atoms with Crippen LogP contribution < -0.4 is 5.01 Å². The number of nitrogens with zero attached hydrogens (tertiary/aromatic N) is 2. The highest BCUT2D eigenvalue weighted by atomic mass is 35.5. The fourth-order valence-corrected chi connectivity index (χ4v) is 4.37. The molecule has 0 spiro atoms. The number of hydrogen-bond donors (Lipinski definition) is 0. The van der Waals surface area contributed by atoms with Crippen LogP contribution in [0.2, 0.25) is 5.02 Å². The number of aromatic nitrogens is 1. The van der Waals surface area contributed by atoms with E-state index < -0.39 is 5.82 Å². The maximum Gasteiger partial charge on any atom is 0.285 e. The van der Waals surface area contributed by atoms with Crippen LogP contribution in [0.25, 0.3) is 17.4 Å². The van der Waals surface area contributed by atoms with Crippen LogP contribution in [-0.2, 0) is 4.79 Å². The lowest BCUT2D eigenvalue weighted by Crippen LogP contribution is -2.39. The lowest BCUT2D eigenvalue weighted by Gasteiger charge is -2.20. The maximum atomic E-state index is 13.3. The van der Waals surface area contributed by atoms with Gasteiger partial charge in [-0.2, -0.15) is 5.01 Å². The molecule has 0 bridgehead atoms. The molecule has 28 heavy (non-hydrogen) atoms. The van der Waals surface area contributed by atoms with Crippen LogP contribution in [0.1, 0.15) is 17.1 Å². The van der Waals surface area contributed by atoms with Gasteiger partial charge in [0.25, 0.3) is 5.91 Å². The minimum atomic E-state index is -0.489. The van der Waals surface area contributed by atoms with Crippen LogP contribution in [0, 0.1) is 19.7 Å². The van der Waals surface area contributed by atoms with Crippen LogP contribution in [0.3, 0.4) is 0 Å². The molecule has 3 heterocycles. The molecule has 1 aliphatic heterocycles. The number of aryl methyl sites for hydroxylation is 2. The van der Waals surface area contributed by atoms with E-state index >= 15 is 0 Å². The second-order valence-corrected chi connectivity index (χ2v) is 8.34. The van der Waals surface area contributed by atoms with E-state index in [0.717, 1.165) is 11.4 Å². The molecule has 1 amide bonds. The molecule has 1 fully saturated rings. The van der Waals surface area contributed by atoms with Gasteiger partial charge in [0.1, 0.15) is 17.3 Å². The van der Waals surface area contributed by atoms with E-state index in [0.29, 0.717) is 26.3 Å². The average Bonchev–Trinajstić information content (AvgIpc) is 3.32. The Balaban J connectivity index is 1.63. The first kappa shape index (κ1) is 19.0. The topological polar surface area (TPSA) is 38.4 Å². The van der Waals surface area contributed by atoms with E-state index in [2.05, 4.69) is 0 Å². The molecule has 8 heteroatoms. The summed E-state index contributed by atoms with van der Waals surface area (Å²) in [5, 5.41) is 1.51. The number of rotatable bonds is 3. The van der Waals surface area contributed by atoms with Gasteiger partial charge >= 0.3 is 0 Å². The van der Waals surface area contributed by atoms with Gasteiger partial charge in [-0.1, -0.05) is 23.4 Å². The van der Waals surface area contributed by atoms with E-state index in [4.69, 9.17) is 28.2 Å². The van der Waals surface area contributed by atoms with Crippen LogP contribution in [0.4, 0.5) is 4.39 Å². The molecule has 1 saturated heterocycles. The van der Waals surface area contributed by atoms with E-state index in [9.17, 15) is 9.18 Å². The van der Waals surface area contributed by atoms with E-state index in [-0.39, 0.29) is 10.9 Å². The quantitative estimate of drug-likeness (QED) is 0.393. The second-order valence-electron chi connectivity index (χ2n) is 6.25. The number of carbonyl (C=O) groups excluding carboxylic acids is 1. The van der Waals surface area contributed by atoms with Gasteiger partial charge in [-0.15, -0.1) is 0 Å². The monoisotopic (exact) mass is 432 g/mol. The zero-order chi connectivity index (χ0) is 20.0. The van der Waals surface area contributed by atoms with Crippen molar-refractivity contribution in [2.75, 3.05) is 5.01 Å². The lowest BCUT2D eigenvalue weighted by atomic mass is 10.2. The Hall–Kier alpha value is -2.35. The van der Waals surface area contributed by atoms with Crippen molar-refractivity contribution in [3.63, 3.8) is 0 Å². The van der Waals surface area contributed by atoms with Crippen molar-refractivity contribution in [3.8, 4) is 11.3 Å². The first-order valence-electron chi connectivity index (χ1n) is 8.33. The molecule has 0 aliphatic carbocycles. The van der Waals surface area contributed by atoms with Gasteiger partial charge in [0.05, 0.1) is 9.93 Å². The Morgan fingerprint density at radius 3 is 2.54 bits per heavy atom. The number of halogens is 2. The van der Waals surface area contributed by atoms with Gasteiger partial charge in [0.2, 0.25) is 0 Å². The highest BCUT2D eigenvalue weighted by Gasteiger charge is 2.35. The van der Waals surface area contributed by atoms with Gasteiger partial charge in [-0.3, -0.25) is 9.47 Å². The Bertz CT molecular complexity index is 1130. The van der Waals surface area contributed by atoms with Crippen molar-refractivity contribution >= 4 is 51.9 Å². The van der Waals surface area contributed by atoms with Gasteiger partial charge < -0.3 is 4.42 Å². The Labute approximate surface area is 175 Å². The molecular formula is C20H14ClFN2O2S2. The van der Waals surface area contributed by atoms with Gasteiger partial charge in [0.15, 0.2) is 4.32 Å². The number of furan rings is 1. The summed E-state index contributed by atoms with van der Waals surface area (Å²) >= 11 is 12.5. The van der Waals surface area contributed by atoms with Crippen molar-refractivity contribution in [1.29, 1.82) is 0 Å². The van der Waals surface area contributed by atoms with E-state index in [1.807, 2.05) is 26.0 Å². The summed E-state index contributed by atoms with van der Waals surface area (Å²) < 4.78 is 21.4. The Morgan fingerprint density at radius 1 is 1.14 bits per heavy atom. The van der Waals surface area contributed by atoms with E-state index in [1.165, 1.54) is 28.9 Å². The van der Waals surface area contributed by atoms with Crippen LogP contribution >= 0.6 is 35.6 Å². The standard InChI is InChI=1S/C20H14ClFN2O2S2/c1-11-3-4-12(2)23(11)24-19(25)18(28-20(24)27)10-14-6-8-17(26-14)13-5-7-16(22)15(21)9-13/h3-10H,1-2H3/b18-10-. The van der Waals surface area contributed by atoms with Crippen molar-refractivity contribution in [1.82, 2.24) is 4.68 Å². The van der Waals surface area contributed by atoms with Gasteiger partial charge in [0, 0.05) is 23.0 Å². The summed E-state index contributed by atoms with van der Waals surface area (Å²) in [5.74, 6) is 0.328. The zero-order valence-corrected chi connectivity index (χ0v) is 17.3. The molecule has 1 aromatic carbocycles. The smallest absolute Gasteiger partial charge is 0.285 e. The summed E-state index contributed by atoms with van der Waals surface area (Å²) in [6, 6.07) is 11.7. The lowest BCUT2D eigenvalue weighted by molar-refractivity contribution is -0.114. The predicted molar refractivity (Wildman–Crippen MR) is 114 cm³/mol. The minimum Gasteiger partial charge on any atom is -0.457 e. The normalized spacial score (nSPS) is 15.9. The Morgan fingerprint density at radius 2 is 1.86 bits per heavy atom. The summed E-state index contributed by atoms with van der Waals surface area (Å²) in [5.41, 5.74) is 2.49. The van der Waals surface area contributed by atoms with Crippen molar-refractivity contribution in [2.24, 2.45) is 0 Å². The van der Waals surface area contributed by atoms with Gasteiger partial charge in [-0.05, 0) is 68.5 Å².